The second-order valence-electron chi connectivity index (χ2n) is 4.38. The van der Waals surface area contributed by atoms with Gasteiger partial charge in [-0.25, -0.2) is 4.98 Å². The fourth-order valence-corrected chi connectivity index (χ4v) is 2.08. The van der Waals surface area contributed by atoms with Crippen molar-refractivity contribution in [1.82, 2.24) is 4.98 Å². The molecule has 0 aliphatic rings. The quantitative estimate of drug-likeness (QED) is 0.729. The van der Waals surface area contributed by atoms with E-state index in [0.717, 1.165) is 16.9 Å². The summed E-state index contributed by atoms with van der Waals surface area (Å²) in [6.45, 7) is 2.09. The normalized spacial score (nSPS) is 9.95. The third kappa shape index (κ3) is 2.85. The lowest BCUT2D eigenvalue weighted by atomic mass is 10.1. The second kappa shape index (κ2) is 5.72. The first-order valence-corrected chi connectivity index (χ1v) is 6.00. The fraction of sp³-hybridized carbons (Fsp3) is 0.0625. The lowest BCUT2D eigenvalue weighted by Crippen LogP contribution is -1.94. The topological polar surface area (TPSA) is 24.9 Å². The van der Waals surface area contributed by atoms with Gasteiger partial charge in [0.1, 0.15) is 5.82 Å². The number of nitrogens with one attached hydrogen (secondary N) is 1. The van der Waals surface area contributed by atoms with Crippen molar-refractivity contribution in [3.63, 3.8) is 0 Å². The smallest absolute Gasteiger partial charge is 0.138 e. The monoisotopic (exact) mass is 270 g/mol. The average molecular weight is 271 g/mol. The third-order valence-corrected chi connectivity index (χ3v) is 2.95. The first kappa shape index (κ1) is 13.4. The van der Waals surface area contributed by atoms with E-state index in [1.165, 1.54) is 10.9 Å². The molecule has 0 spiro atoms. The zero-order valence-corrected chi connectivity index (χ0v) is 11.4. The van der Waals surface area contributed by atoms with Crippen LogP contribution in [0.15, 0.2) is 60.8 Å². The Kier molecular flexibility index (Phi) is 4.03. The Morgan fingerprint density at radius 3 is 2.63 bits per heavy atom. The van der Waals surface area contributed by atoms with Crippen LogP contribution in [0.5, 0.6) is 0 Å². The number of hydrogen-bond donors (Lipinski definition) is 1. The highest BCUT2D eigenvalue weighted by atomic mass is 35.5. The molecule has 3 heteroatoms. The summed E-state index contributed by atoms with van der Waals surface area (Å²) in [6, 6.07) is 18.6. The molecular weight excluding hydrogens is 256 g/mol. The molecule has 0 aliphatic carbocycles. The minimum atomic E-state index is 0. The summed E-state index contributed by atoms with van der Waals surface area (Å²) in [5.74, 6) is 0.902. The Hall–Kier alpha value is -2.06. The Morgan fingerprint density at radius 1 is 0.947 bits per heavy atom. The number of aromatic nitrogens is 1. The number of benzene rings is 2. The van der Waals surface area contributed by atoms with Gasteiger partial charge in [0.15, 0.2) is 0 Å². The first-order chi connectivity index (χ1) is 8.83. The maximum Gasteiger partial charge on any atom is 0.138 e. The van der Waals surface area contributed by atoms with E-state index in [9.17, 15) is 0 Å². The van der Waals surface area contributed by atoms with Crippen molar-refractivity contribution in [2.24, 2.45) is 0 Å². The number of anilines is 2. The van der Waals surface area contributed by atoms with Crippen LogP contribution in [0.25, 0.3) is 10.8 Å². The van der Waals surface area contributed by atoms with Gasteiger partial charge < -0.3 is 5.32 Å². The average Bonchev–Trinajstić information content (AvgIpc) is 2.39. The van der Waals surface area contributed by atoms with E-state index in [1.807, 2.05) is 30.5 Å². The Balaban J connectivity index is 0.00000133. The molecule has 0 unspecified atom stereocenters. The van der Waals surface area contributed by atoms with Gasteiger partial charge in [0.2, 0.25) is 0 Å². The predicted octanol–water partition coefficient (Wildman–Crippen LogP) is 4.71. The van der Waals surface area contributed by atoms with Crippen molar-refractivity contribution in [2.45, 2.75) is 6.92 Å². The van der Waals surface area contributed by atoms with Crippen molar-refractivity contribution in [1.29, 1.82) is 0 Å². The zero-order chi connectivity index (χ0) is 12.4. The van der Waals surface area contributed by atoms with Crippen LogP contribution >= 0.6 is 12.4 Å². The summed E-state index contributed by atoms with van der Waals surface area (Å²) in [6.07, 6.45) is 1.83. The van der Waals surface area contributed by atoms with Gasteiger partial charge in [-0.05, 0) is 36.1 Å². The number of fused-ring (bicyclic) bond motifs is 1. The van der Waals surface area contributed by atoms with Crippen LogP contribution in [0.4, 0.5) is 11.5 Å². The SMILES string of the molecule is Cc1cccc(Nc2nccc3ccccc23)c1.Cl. The van der Waals surface area contributed by atoms with Crippen LogP contribution in [0.2, 0.25) is 0 Å². The van der Waals surface area contributed by atoms with Crippen molar-refractivity contribution >= 4 is 34.7 Å². The lowest BCUT2D eigenvalue weighted by molar-refractivity contribution is 1.33. The molecule has 2 nitrogen and oxygen atoms in total. The molecular formula is C16H15ClN2. The van der Waals surface area contributed by atoms with Crippen molar-refractivity contribution in [2.75, 3.05) is 5.32 Å². The number of rotatable bonds is 2. The summed E-state index contributed by atoms with van der Waals surface area (Å²) in [7, 11) is 0. The molecule has 3 aromatic rings. The Labute approximate surface area is 118 Å². The molecule has 0 amide bonds. The minimum absolute atomic E-state index is 0. The van der Waals surface area contributed by atoms with E-state index in [2.05, 4.69) is 47.6 Å². The van der Waals surface area contributed by atoms with Crippen LogP contribution in [-0.2, 0) is 0 Å². The van der Waals surface area contributed by atoms with E-state index in [4.69, 9.17) is 0 Å². The largest absolute Gasteiger partial charge is 0.340 e. The summed E-state index contributed by atoms with van der Waals surface area (Å²) in [4.78, 5) is 4.42. The van der Waals surface area contributed by atoms with Crippen LogP contribution in [0, 0.1) is 6.92 Å². The Bertz CT molecular complexity index is 690. The van der Waals surface area contributed by atoms with Crippen LogP contribution < -0.4 is 5.32 Å². The maximum absolute atomic E-state index is 4.42. The maximum atomic E-state index is 4.42. The molecule has 96 valence electrons. The molecule has 0 fully saturated rings. The van der Waals surface area contributed by atoms with Gasteiger partial charge in [0.05, 0.1) is 0 Å². The fourth-order valence-electron chi connectivity index (χ4n) is 2.08. The number of hydrogen-bond acceptors (Lipinski definition) is 2. The highest BCUT2D eigenvalue weighted by Crippen LogP contribution is 2.24. The van der Waals surface area contributed by atoms with E-state index in [-0.39, 0.29) is 12.4 Å². The van der Waals surface area contributed by atoms with Crippen LogP contribution in [0.1, 0.15) is 5.56 Å². The number of pyridine rings is 1. The van der Waals surface area contributed by atoms with Gasteiger partial charge in [-0.15, -0.1) is 12.4 Å². The number of halogens is 1. The summed E-state index contributed by atoms with van der Waals surface area (Å²) in [5, 5.41) is 5.71. The van der Waals surface area contributed by atoms with E-state index in [1.54, 1.807) is 0 Å². The third-order valence-electron chi connectivity index (χ3n) is 2.95. The van der Waals surface area contributed by atoms with Crippen molar-refractivity contribution < 1.29 is 0 Å². The van der Waals surface area contributed by atoms with E-state index >= 15 is 0 Å². The van der Waals surface area contributed by atoms with Crippen LogP contribution in [-0.4, -0.2) is 4.98 Å². The molecule has 0 saturated carbocycles. The lowest BCUT2D eigenvalue weighted by Gasteiger charge is -2.09. The molecule has 0 bridgehead atoms. The number of aryl methyl sites for hydroxylation is 1. The van der Waals surface area contributed by atoms with Crippen molar-refractivity contribution in [3.05, 3.63) is 66.4 Å². The van der Waals surface area contributed by atoms with Gasteiger partial charge in [-0.2, -0.15) is 0 Å². The van der Waals surface area contributed by atoms with Gasteiger partial charge >= 0.3 is 0 Å². The molecule has 0 saturated heterocycles. The summed E-state index contributed by atoms with van der Waals surface area (Å²) >= 11 is 0. The molecule has 2 aromatic carbocycles. The standard InChI is InChI=1S/C16H14N2.ClH/c1-12-5-4-7-14(11-12)18-16-15-8-3-2-6-13(15)9-10-17-16;/h2-11H,1H3,(H,17,18);1H. The van der Waals surface area contributed by atoms with E-state index in [0.29, 0.717) is 0 Å². The van der Waals surface area contributed by atoms with E-state index < -0.39 is 0 Å². The number of nitrogens with zero attached hydrogens (tertiary/aromatic N) is 1. The molecule has 0 aliphatic heterocycles. The molecule has 1 heterocycles. The van der Waals surface area contributed by atoms with Gasteiger partial charge in [0, 0.05) is 17.3 Å². The highest BCUT2D eigenvalue weighted by Gasteiger charge is 2.01. The minimum Gasteiger partial charge on any atom is -0.340 e. The molecule has 0 atom stereocenters. The summed E-state index contributed by atoms with van der Waals surface area (Å²) in [5.41, 5.74) is 2.30. The van der Waals surface area contributed by atoms with Crippen LogP contribution in [0.3, 0.4) is 0 Å². The molecule has 1 aromatic heterocycles. The predicted molar refractivity (Wildman–Crippen MR) is 83.5 cm³/mol. The summed E-state index contributed by atoms with van der Waals surface area (Å²) < 4.78 is 0. The Morgan fingerprint density at radius 2 is 1.79 bits per heavy atom. The van der Waals surface area contributed by atoms with Gasteiger partial charge in [0.25, 0.3) is 0 Å². The molecule has 1 N–H and O–H groups in total. The second-order valence-corrected chi connectivity index (χ2v) is 4.38. The zero-order valence-electron chi connectivity index (χ0n) is 10.6. The molecule has 19 heavy (non-hydrogen) atoms. The highest BCUT2D eigenvalue weighted by molar-refractivity contribution is 5.93. The van der Waals surface area contributed by atoms with Gasteiger partial charge in [-0.3, -0.25) is 0 Å². The first-order valence-electron chi connectivity index (χ1n) is 6.00. The van der Waals surface area contributed by atoms with Crippen molar-refractivity contribution in [3.8, 4) is 0 Å². The van der Waals surface area contributed by atoms with Gasteiger partial charge in [-0.1, -0.05) is 36.4 Å². The molecule has 0 radical (unpaired) electrons. The molecule has 3 rings (SSSR count).